The van der Waals surface area contributed by atoms with Crippen molar-refractivity contribution in [2.24, 2.45) is 0 Å². The first kappa shape index (κ1) is 28.7. The van der Waals surface area contributed by atoms with E-state index in [9.17, 15) is 0 Å². The first-order chi connectivity index (χ1) is 20.5. The number of nitrogens with one attached hydrogen (secondary N) is 1. The molecule has 0 spiro atoms. The summed E-state index contributed by atoms with van der Waals surface area (Å²) in [5.74, 6) is 0.218. The lowest BCUT2D eigenvalue weighted by Crippen LogP contribution is -2.34. The van der Waals surface area contributed by atoms with Gasteiger partial charge in [-0.25, -0.2) is 9.07 Å². The molecule has 0 amide bonds. The Kier molecular flexibility index (Phi) is 9.09. The fourth-order valence-electron chi connectivity index (χ4n) is 5.47. The van der Waals surface area contributed by atoms with Gasteiger partial charge in [0.15, 0.2) is 6.23 Å². The molecule has 2 saturated heterocycles. The molecular formula is C32H35ClFN5O3. The molecule has 6 rings (SSSR count). The summed E-state index contributed by atoms with van der Waals surface area (Å²) in [6, 6.07) is 11.6. The lowest BCUT2D eigenvalue weighted by molar-refractivity contribution is -0.0367. The molecule has 2 aliphatic rings. The second-order valence-electron chi connectivity index (χ2n) is 10.8. The van der Waals surface area contributed by atoms with Gasteiger partial charge in [-0.3, -0.25) is 9.97 Å². The van der Waals surface area contributed by atoms with Gasteiger partial charge in [-0.1, -0.05) is 11.6 Å². The van der Waals surface area contributed by atoms with Crippen LogP contribution in [0.4, 0.5) is 4.39 Å². The molecular weight excluding hydrogens is 557 g/mol. The fraction of sp³-hybridized carbons (Fsp3) is 0.406. The van der Waals surface area contributed by atoms with E-state index in [2.05, 4.69) is 15.3 Å². The van der Waals surface area contributed by atoms with E-state index in [0.29, 0.717) is 41.2 Å². The summed E-state index contributed by atoms with van der Waals surface area (Å²) in [6.45, 7) is 4.81. The second-order valence-corrected chi connectivity index (χ2v) is 11.2. The molecule has 0 radical (unpaired) electrons. The van der Waals surface area contributed by atoms with Gasteiger partial charge >= 0.3 is 0 Å². The molecule has 2 atom stereocenters. The molecule has 3 aromatic heterocycles. The van der Waals surface area contributed by atoms with E-state index in [-0.39, 0.29) is 12.3 Å². The van der Waals surface area contributed by atoms with Crippen molar-refractivity contribution in [1.82, 2.24) is 25.1 Å². The summed E-state index contributed by atoms with van der Waals surface area (Å²) >= 11 is 6.34. The minimum absolute atomic E-state index is 0.197. The average Bonchev–Trinajstić information content (AvgIpc) is 3.38. The quantitative estimate of drug-likeness (QED) is 0.223. The highest BCUT2D eigenvalue weighted by atomic mass is 35.5. The van der Waals surface area contributed by atoms with Crippen LogP contribution in [-0.4, -0.2) is 45.6 Å². The zero-order valence-electron chi connectivity index (χ0n) is 23.6. The summed E-state index contributed by atoms with van der Waals surface area (Å²) in [6.07, 6.45) is 10.7. The standard InChI is InChI=1S/C32H35ClFN5O3/c1-21(26-9-12-35-20-28(26)33)42-25-7-8-31-27(16-25)30(38-39(31)32-4-2-3-13-41-32)17-29(34)22-5-6-24(36-18-22)19-37-23-10-14-40-15-11-23/h5-9,12,16-18,20-21,23,32,37H,2-4,10-11,13-15,19H2,1H3/b29-17-/t21-,32?/m1/s1. The Balaban J connectivity index is 1.26. The fourth-order valence-corrected chi connectivity index (χ4v) is 5.74. The Morgan fingerprint density at radius 1 is 1.14 bits per heavy atom. The Morgan fingerprint density at radius 3 is 2.79 bits per heavy atom. The third-order valence-corrected chi connectivity index (χ3v) is 8.16. The maximum absolute atomic E-state index is 15.6. The van der Waals surface area contributed by atoms with Gasteiger partial charge in [-0.05, 0) is 75.4 Å². The molecule has 42 heavy (non-hydrogen) atoms. The van der Waals surface area contributed by atoms with Gasteiger partial charge in [0.1, 0.15) is 17.7 Å². The van der Waals surface area contributed by atoms with Crippen LogP contribution in [0.15, 0.2) is 55.0 Å². The first-order valence-corrected chi connectivity index (χ1v) is 15.0. The highest BCUT2D eigenvalue weighted by Gasteiger charge is 2.22. The molecule has 220 valence electrons. The van der Waals surface area contributed by atoms with Crippen molar-refractivity contribution in [1.29, 1.82) is 0 Å². The highest BCUT2D eigenvalue weighted by Crippen LogP contribution is 2.34. The Hall–Kier alpha value is -3.37. The van der Waals surface area contributed by atoms with Gasteiger partial charge in [0.2, 0.25) is 0 Å². The Bertz CT molecular complexity index is 1530. The number of hydrogen-bond acceptors (Lipinski definition) is 7. The monoisotopic (exact) mass is 591 g/mol. The summed E-state index contributed by atoms with van der Waals surface area (Å²) in [4.78, 5) is 8.55. The van der Waals surface area contributed by atoms with Gasteiger partial charge in [-0.15, -0.1) is 0 Å². The van der Waals surface area contributed by atoms with Crippen LogP contribution in [0.1, 0.15) is 73.9 Å². The molecule has 0 aliphatic carbocycles. The van der Waals surface area contributed by atoms with Gasteiger partial charge in [0.25, 0.3) is 0 Å². The molecule has 0 bridgehead atoms. The lowest BCUT2D eigenvalue weighted by Gasteiger charge is -2.23. The van der Waals surface area contributed by atoms with E-state index in [0.717, 1.165) is 67.5 Å². The van der Waals surface area contributed by atoms with Crippen LogP contribution in [-0.2, 0) is 16.0 Å². The zero-order chi connectivity index (χ0) is 28.9. The average molecular weight is 592 g/mol. The van der Waals surface area contributed by atoms with Crippen molar-refractivity contribution in [3.63, 3.8) is 0 Å². The largest absolute Gasteiger partial charge is 0.486 e. The van der Waals surface area contributed by atoms with Crippen molar-refractivity contribution in [3.8, 4) is 5.75 Å². The Labute approximate surface area is 249 Å². The molecule has 8 nitrogen and oxygen atoms in total. The van der Waals surface area contributed by atoms with Crippen LogP contribution in [0.3, 0.4) is 0 Å². The van der Waals surface area contributed by atoms with Crippen molar-refractivity contribution in [2.75, 3.05) is 19.8 Å². The summed E-state index contributed by atoms with van der Waals surface area (Å²) in [7, 11) is 0. The number of fused-ring (bicyclic) bond motifs is 1. The van der Waals surface area contributed by atoms with Crippen molar-refractivity contribution in [2.45, 2.75) is 63.9 Å². The van der Waals surface area contributed by atoms with E-state index < -0.39 is 5.83 Å². The molecule has 1 aromatic carbocycles. The maximum atomic E-state index is 15.6. The van der Waals surface area contributed by atoms with Gasteiger partial charge in [0, 0.05) is 73.6 Å². The summed E-state index contributed by atoms with van der Waals surface area (Å²) in [5, 5.41) is 9.65. The van der Waals surface area contributed by atoms with Crippen LogP contribution in [0.2, 0.25) is 5.02 Å². The van der Waals surface area contributed by atoms with Crippen molar-refractivity contribution >= 4 is 34.4 Å². The molecule has 2 aliphatic heterocycles. The summed E-state index contributed by atoms with van der Waals surface area (Å²) < 4.78 is 35.2. The number of rotatable bonds is 9. The van der Waals surface area contributed by atoms with Crippen molar-refractivity contribution in [3.05, 3.63) is 82.5 Å². The van der Waals surface area contributed by atoms with Gasteiger partial charge in [0.05, 0.1) is 21.9 Å². The SMILES string of the molecule is C[C@@H](Oc1ccc2c(c1)c(/C=C(\F)c1ccc(CNC3CCOCC3)nc1)nn2C1CCCCO1)c1ccncc1Cl. The number of aromatic nitrogens is 4. The minimum Gasteiger partial charge on any atom is -0.486 e. The van der Waals surface area contributed by atoms with E-state index in [4.69, 9.17) is 30.9 Å². The van der Waals surface area contributed by atoms with E-state index in [1.54, 1.807) is 24.7 Å². The molecule has 10 heteroatoms. The smallest absolute Gasteiger partial charge is 0.150 e. The number of halogens is 2. The van der Waals surface area contributed by atoms with Crippen LogP contribution >= 0.6 is 11.6 Å². The number of nitrogens with zero attached hydrogens (tertiary/aromatic N) is 4. The number of hydrogen-bond donors (Lipinski definition) is 1. The topological polar surface area (TPSA) is 83.3 Å². The van der Waals surface area contributed by atoms with Gasteiger partial charge < -0.3 is 19.5 Å². The molecule has 4 aromatic rings. The third kappa shape index (κ3) is 6.65. The predicted octanol–water partition coefficient (Wildman–Crippen LogP) is 7.06. The Morgan fingerprint density at radius 2 is 2.02 bits per heavy atom. The maximum Gasteiger partial charge on any atom is 0.150 e. The van der Waals surface area contributed by atoms with Crippen LogP contribution in [0, 0.1) is 0 Å². The van der Waals surface area contributed by atoms with Gasteiger partial charge in [-0.2, -0.15) is 5.10 Å². The van der Waals surface area contributed by atoms with E-state index in [1.807, 2.05) is 41.9 Å². The summed E-state index contributed by atoms with van der Waals surface area (Å²) in [5.41, 5.74) is 3.46. The normalized spacial score (nSPS) is 19.2. The molecule has 1 unspecified atom stereocenters. The molecule has 0 saturated carbocycles. The molecule has 1 N–H and O–H groups in total. The lowest BCUT2D eigenvalue weighted by atomic mass is 10.1. The first-order valence-electron chi connectivity index (χ1n) is 14.6. The third-order valence-electron chi connectivity index (χ3n) is 7.85. The van der Waals surface area contributed by atoms with Crippen LogP contribution in [0.5, 0.6) is 5.75 Å². The predicted molar refractivity (Wildman–Crippen MR) is 161 cm³/mol. The minimum atomic E-state index is -0.411. The molecule has 5 heterocycles. The zero-order valence-corrected chi connectivity index (χ0v) is 24.4. The second kappa shape index (κ2) is 13.3. The van der Waals surface area contributed by atoms with E-state index in [1.165, 1.54) is 6.08 Å². The molecule has 2 fully saturated rings. The number of pyridine rings is 2. The van der Waals surface area contributed by atoms with E-state index >= 15 is 4.39 Å². The highest BCUT2D eigenvalue weighted by molar-refractivity contribution is 6.31. The van der Waals surface area contributed by atoms with Crippen LogP contribution in [0.25, 0.3) is 22.8 Å². The number of ether oxygens (including phenoxy) is 3. The van der Waals surface area contributed by atoms with Crippen LogP contribution < -0.4 is 10.1 Å². The van der Waals surface area contributed by atoms with Crippen molar-refractivity contribution < 1.29 is 18.6 Å². The number of benzene rings is 1.